The summed E-state index contributed by atoms with van der Waals surface area (Å²) in [6.07, 6.45) is 0. The molecule has 0 aliphatic rings. The Morgan fingerprint density at radius 3 is 2.47 bits per heavy atom. The van der Waals surface area contributed by atoms with E-state index in [-0.39, 0.29) is 0 Å². The van der Waals surface area contributed by atoms with Crippen LogP contribution in [0.4, 0.5) is 0 Å². The molecule has 0 aliphatic carbocycles. The molecule has 0 spiro atoms. The van der Waals surface area contributed by atoms with Gasteiger partial charge in [0.2, 0.25) is 0 Å². The van der Waals surface area contributed by atoms with E-state index in [4.69, 9.17) is 4.74 Å². The van der Waals surface area contributed by atoms with Crippen LogP contribution in [0.25, 0.3) is 0 Å². The largest absolute Gasteiger partial charge is 0.492 e. The minimum Gasteiger partial charge on any atom is -0.492 e. The number of nitrogens with one attached hydrogen (secondary N) is 1. The second-order valence-corrected chi connectivity index (χ2v) is 4.99. The summed E-state index contributed by atoms with van der Waals surface area (Å²) >= 11 is 0. The van der Waals surface area contributed by atoms with Crippen molar-refractivity contribution in [3.63, 3.8) is 0 Å². The Kier molecular flexibility index (Phi) is 5.49. The standard InChI is InChI=1S/C15H25NO/c1-6-16-14(11(2)3)10-17-15-8-7-12(4)9-13(15)5/h7-9,11,14,16H,6,10H2,1-5H3. The second-order valence-electron chi connectivity index (χ2n) is 4.99. The highest BCUT2D eigenvalue weighted by atomic mass is 16.5. The van der Waals surface area contributed by atoms with Crippen molar-refractivity contribution in [2.24, 2.45) is 5.92 Å². The third kappa shape index (κ3) is 4.39. The third-order valence-corrected chi connectivity index (χ3v) is 3.02. The van der Waals surface area contributed by atoms with Crippen LogP contribution in [0.15, 0.2) is 18.2 Å². The van der Waals surface area contributed by atoms with Crippen molar-refractivity contribution < 1.29 is 4.74 Å². The molecule has 1 atom stereocenters. The number of hydrogen-bond donors (Lipinski definition) is 1. The van der Waals surface area contributed by atoms with Gasteiger partial charge in [-0.25, -0.2) is 0 Å². The van der Waals surface area contributed by atoms with Gasteiger partial charge in [0.25, 0.3) is 0 Å². The van der Waals surface area contributed by atoms with Crippen LogP contribution in [0, 0.1) is 19.8 Å². The third-order valence-electron chi connectivity index (χ3n) is 3.02. The number of benzene rings is 1. The van der Waals surface area contributed by atoms with E-state index in [0.29, 0.717) is 12.0 Å². The van der Waals surface area contributed by atoms with Crippen LogP contribution >= 0.6 is 0 Å². The summed E-state index contributed by atoms with van der Waals surface area (Å²) in [5, 5.41) is 3.46. The van der Waals surface area contributed by atoms with Crippen LogP contribution in [-0.4, -0.2) is 19.2 Å². The van der Waals surface area contributed by atoms with Gasteiger partial charge < -0.3 is 10.1 Å². The van der Waals surface area contributed by atoms with Crippen molar-refractivity contribution in [3.05, 3.63) is 29.3 Å². The topological polar surface area (TPSA) is 21.3 Å². The van der Waals surface area contributed by atoms with Crippen molar-refractivity contribution in [3.8, 4) is 5.75 Å². The average molecular weight is 235 g/mol. The Morgan fingerprint density at radius 1 is 1.24 bits per heavy atom. The summed E-state index contributed by atoms with van der Waals surface area (Å²) in [4.78, 5) is 0. The summed E-state index contributed by atoms with van der Waals surface area (Å²) in [6, 6.07) is 6.74. The molecule has 1 aromatic rings. The molecule has 0 amide bonds. The molecule has 0 fully saturated rings. The van der Waals surface area contributed by atoms with E-state index >= 15 is 0 Å². The number of ether oxygens (including phenoxy) is 1. The van der Waals surface area contributed by atoms with Crippen LogP contribution in [0.2, 0.25) is 0 Å². The highest BCUT2D eigenvalue weighted by Gasteiger charge is 2.13. The monoisotopic (exact) mass is 235 g/mol. The summed E-state index contributed by atoms with van der Waals surface area (Å²) < 4.78 is 5.91. The maximum absolute atomic E-state index is 5.91. The zero-order valence-electron chi connectivity index (χ0n) is 11.7. The lowest BCUT2D eigenvalue weighted by molar-refractivity contribution is 0.231. The second kappa shape index (κ2) is 6.65. The molecule has 1 N–H and O–H groups in total. The molecule has 0 aromatic heterocycles. The van der Waals surface area contributed by atoms with Gasteiger partial charge in [0.15, 0.2) is 0 Å². The summed E-state index contributed by atoms with van der Waals surface area (Å²) in [7, 11) is 0. The molecular formula is C15H25NO. The molecule has 96 valence electrons. The Morgan fingerprint density at radius 2 is 1.94 bits per heavy atom. The highest BCUT2D eigenvalue weighted by molar-refractivity contribution is 5.35. The normalized spacial score (nSPS) is 12.8. The van der Waals surface area contributed by atoms with E-state index in [1.807, 2.05) is 0 Å². The Bertz CT molecular complexity index is 347. The molecule has 0 bridgehead atoms. The van der Waals surface area contributed by atoms with Crippen molar-refractivity contribution in [1.29, 1.82) is 0 Å². The van der Waals surface area contributed by atoms with E-state index in [9.17, 15) is 0 Å². The van der Waals surface area contributed by atoms with Gasteiger partial charge in [-0.15, -0.1) is 0 Å². The van der Waals surface area contributed by atoms with Crippen LogP contribution in [0.1, 0.15) is 31.9 Å². The van der Waals surface area contributed by atoms with Gasteiger partial charge in [0.1, 0.15) is 12.4 Å². The molecule has 1 unspecified atom stereocenters. The average Bonchev–Trinajstić information content (AvgIpc) is 2.25. The summed E-state index contributed by atoms with van der Waals surface area (Å²) in [6.45, 7) is 12.5. The fourth-order valence-corrected chi connectivity index (χ4v) is 1.89. The van der Waals surface area contributed by atoms with Gasteiger partial charge in [0, 0.05) is 6.04 Å². The zero-order chi connectivity index (χ0) is 12.8. The molecule has 0 saturated heterocycles. The van der Waals surface area contributed by atoms with E-state index < -0.39 is 0 Å². The lowest BCUT2D eigenvalue weighted by atomic mass is 10.1. The Balaban J connectivity index is 2.59. The predicted octanol–water partition coefficient (Wildman–Crippen LogP) is 3.32. The van der Waals surface area contributed by atoms with Gasteiger partial charge in [-0.05, 0) is 37.9 Å². The predicted molar refractivity (Wildman–Crippen MR) is 73.7 cm³/mol. The van der Waals surface area contributed by atoms with Gasteiger partial charge in [-0.1, -0.05) is 38.5 Å². The highest BCUT2D eigenvalue weighted by Crippen LogP contribution is 2.19. The summed E-state index contributed by atoms with van der Waals surface area (Å²) in [5.74, 6) is 1.58. The number of hydrogen-bond acceptors (Lipinski definition) is 2. The van der Waals surface area contributed by atoms with Gasteiger partial charge in [-0.3, -0.25) is 0 Å². The van der Waals surface area contributed by atoms with Crippen LogP contribution in [0.5, 0.6) is 5.75 Å². The van der Waals surface area contributed by atoms with Crippen molar-refractivity contribution in [2.75, 3.05) is 13.2 Å². The number of rotatable bonds is 6. The minimum atomic E-state index is 0.417. The van der Waals surface area contributed by atoms with E-state index in [0.717, 1.165) is 18.9 Å². The van der Waals surface area contributed by atoms with Crippen LogP contribution in [0.3, 0.4) is 0 Å². The van der Waals surface area contributed by atoms with E-state index in [2.05, 4.69) is 58.1 Å². The molecule has 17 heavy (non-hydrogen) atoms. The zero-order valence-corrected chi connectivity index (χ0v) is 11.7. The van der Waals surface area contributed by atoms with E-state index in [1.54, 1.807) is 0 Å². The van der Waals surface area contributed by atoms with Crippen LogP contribution < -0.4 is 10.1 Å². The van der Waals surface area contributed by atoms with Crippen LogP contribution in [-0.2, 0) is 0 Å². The minimum absolute atomic E-state index is 0.417. The molecule has 1 aromatic carbocycles. The lowest BCUT2D eigenvalue weighted by Crippen LogP contribution is -2.38. The quantitative estimate of drug-likeness (QED) is 0.816. The molecule has 0 radical (unpaired) electrons. The first-order valence-corrected chi connectivity index (χ1v) is 6.48. The first kappa shape index (κ1) is 14.0. The molecule has 0 heterocycles. The van der Waals surface area contributed by atoms with Crippen molar-refractivity contribution >= 4 is 0 Å². The Labute approximate surface area is 105 Å². The smallest absolute Gasteiger partial charge is 0.122 e. The molecule has 2 heteroatoms. The van der Waals surface area contributed by atoms with Gasteiger partial charge in [0.05, 0.1) is 0 Å². The lowest BCUT2D eigenvalue weighted by Gasteiger charge is -2.22. The molecule has 1 rings (SSSR count). The SMILES string of the molecule is CCNC(COc1ccc(C)cc1C)C(C)C. The van der Waals surface area contributed by atoms with E-state index in [1.165, 1.54) is 11.1 Å². The maximum atomic E-state index is 5.91. The van der Waals surface area contributed by atoms with Gasteiger partial charge >= 0.3 is 0 Å². The first-order chi connectivity index (χ1) is 8.04. The summed E-state index contributed by atoms with van der Waals surface area (Å²) in [5.41, 5.74) is 2.49. The number of likely N-dealkylation sites (N-methyl/N-ethyl adjacent to an activating group) is 1. The molecular weight excluding hydrogens is 210 g/mol. The first-order valence-electron chi connectivity index (χ1n) is 6.48. The Hall–Kier alpha value is -1.02. The fraction of sp³-hybridized carbons (Fsp3) is 0.600. The fourth-order valence-electron chi connectivity index (χ4n) is 1.89. The maximum Gasteiger partial charge on any atom is 0.122 e. The van der Waals surface area contributed by atoms with Crippen molar-refractivity contribution in [1.82, 2.24) is 5.32 Å². The van der Waals surface area contributed by atoms with Gasteiger partial charge in [-0.2, -0.15) is 0 Å². The number of aryl methyl sites for hydroxylation is 2. The molecule has 2 nitrogen and oxygen atoms in total. The molecule has 0 saturated carbocycles. The molecule has 0 aliphatic heterocycles. The van der Waals surface area contributed by atoms with Crippen molar-refractivity contribution in [2.45, 2.75) is 40.7 Å².